The second-order valence-electron chi connectivity index (χ2n) is 19.0. The van der Waals surface area contributed by atoms with Crippen LogP contribution in [0.25, 0.3) is 21.3 Å². The van der Waals surface area contributed by atoms with E-state index in [9.17, 15) is 33.9 Å². The molecule has 3 fully saturated rings. The first-order valence-electron chi connectivity index (χ1n) is 23.1. The average Bonchev–Trinajstić information content (AvgIpc) is 3.71. The number of H-pyrrole nitrogens is 1. The Hall–Kier alpha value is -6.44. The normalized spacial score (nSPS) is 22.8. The molecule has 4 aromatic rings. The number of aryl methyl sites for hydroxylation is 1. The van der Waals surface area contributed by atoms with Gasteiger partial charge >= 0.3 is 5.69 Å². The quantitative estimate of drug-likeness (QED) is 0.0517. The Morgan fingerprint density at radius 1 is 1.00 bits per heavy atom. The van der Waals surface area contributed by atoms with Gasteiger partial charge in [-0.2, -0.15) is 0 Å². The highest BCUT2D eigenvalue weighted by Crippen LogP contribution is 2.39. The molecule has 7 rings (SSSR count). The standard InChI is InChI=1S/C38H50N6O5.C10H13N5O4/c1-38(2,3)43-37(49)32-20-26-14-7-8-15-27(26)22-44(32)23-33(45)30(19-24-11-5-4-6-12-24)41-36(48)31(21-34(39)46)42-35(47)29-18-17-25-13-9-10-16-28(25)40-29;1-5-3-15(10(18)12-9(5)17)8-2-6(13-14-11)7(4-16)19-8/h4-6,9-13,16-18,26-27,30-33,45H,7-8,14-15,19-23H2,1-3H3,(H2,39,46)(H,41,48)(H,42,47)(H,43,49);3,6-8,16H,2,4H2,1H3,(H,12,17,18)/t26-,27+,30-,31?,32-,33+;6-,7+,8+/m00/s1. The molecule has 20 nitrogen and oxygen atoms in total. The summed E-state index contributed by atoms with van der Waals surface area (Å²) in [6.07, 6.45) is 4.36. The van der Waals surface area contributed by atoms with Crippen molar-refractivity contribution in [3.63, 3.8) is 0 Å². The van der Waals surface area contributed by atoms with E-state index in [-0.39, 0.29) is 37.6 Å². The van der Waals surface area contributed by atoms with Crippen molar-refractivity contribution in [1.82, 2.24) is 35.4 Å². The number of ether oxygens (including phenoxy) is 1. The Balaban J connectivity index is 0.000000333. The number of aromatic nitrogens is 3. The fourth-order valence-corrected chi connectivity index (χ4v) is 9.30. The molecule has 2 aliphatic heterocycles. The monoisotopic (exact) mass is 937 g/mol. The molecule has 20 heteroatoms. The largest absolute Gasteiger partial charge is 0.394 e. The maximum atomic E-state index is 13.8. The number of hydrogen-bond acceptors (Lipinski definition) is 12. The maximum Gasteiger partial charge on any atom is 0.330 e. The number of carbonyl (C=O) groups is 4. The first kappa shape index (κ1) is 51.0. The van der Waals surface area contributed by atoms with Gasteiger partial charge < -0.3 is 36.6 Å². The van der Waals surface area contributed by atoms with Crippen molar-refractivity contribution >= 4 is 34.5 Å². The number of aliphatic hydroxyl groups excluding tert-OH is 2. The number of primary amides is 1. The molecule has 8 N–H and O–H groups in total. The minimum atomic E-state index is -1.30. The molecule has 0 spiro atoms. The van der Waals surface area contributed by atoms with Crippen molar-refractivity contribution in [3.8, 4) is 0 Å². The van der Waals surface area contributed by atoms with Gasteiger partial charge in [0.05, 0.1) is 48.9 Å². The summed E-state index contributed by atoms with van der Waals surface area (Å²) in [5.74, 6) is -1.20. The third kappa shape index (κ3) is 13.6. The van der Waals surface area contributed by atoms with Crippen LogP contribution >= 0.6 is 0 Å². The van der Waals surface area contributed by atoms with Crippen LogP contribution in [0.1, 0.15) is 93.6 Å². The van der Waals surface area contributed by atoms with Crippen molar-refractivity contribution in [3.05, 3.63) is 121 Å². The predicted molar refractivity (Wildman–Crippen MR) is 253 cm³/mol. The average molecular weight is 938 g/mol. The smallest absolute Gasteiger partial charge is 0.330 e. The highest BCUT2D eigenvalue weighted by molar-refractivity contribution is 5.99. The van der Waals surface area contributed by atoms with Crippen LogP contribution < -0.4 is 32.9 Å². The molecule has 9 atom stereocenters. The number of aliphatic hydroxyl groups is 2. The van der Waals surface area contributed by atoms with E-state index in [1.54, 1.807) is 25.1 Å². The molecule has 2 aromatic heterocycles. The van der Waals surface area contributed by atoms with Gasteiger partial charge in [-0.3, -0.25) is 38.4 Å². The number of nitrogens with one attached hydrogen (secondary N) is 4. The molecular formula is C48H63N11O9. The van der Waals surface area contributed by atoms with E-state index >= 15 is 0 Å². The van der Waals surface area contributed by atoms with Crippen LogP contribution in [-0.2, 0) is 25.5 Å². The summed E-state index contributed by atoms with van der Waals surface area (Å²) >= 11 is 0. The fraction of sp³-hybridized carbons (Fsp3) is 0.521. The van der Waals surface area contributed by atoms with E-state index in [0.717, 1.165) is 36.6 Å². The number of rotatable bonds is 15. The summed E-state index contributed by atoms with van der Waals surface area (Å²) < 4.78 is 6.69. The van der Waals surface area contributed by atoms with Crippen LogP contribution in [0.4, 0.5) is 0 Å². The highest BCUT2D eigenvalue weighted by atomic mass is 16.5. The number of nitrogens with zero attached hydrogens (tertiary/aromatic N) is 6. The maximum absolute atomic E-state index is 13.8. The van der Waals surface area contributed by atoms with E-state index in [0.29, 0.717) is 29.5 Å². The third-order valence-corrected chi connectivity index (χ3v) is 12.7. The van der Waals surface area contributed by atoms with Crippen molar-refractivity contribution in [2.24, 2.45) is 22.7 Å². The van der Waals surface area contributed by atoms with Gasteiger partial charge in [-0.25, -0.2) is 9.78 Å². The number of amides is 4. The fourth-order valence-electron chi connectivity index (χ4n) is 9.30. The van der Waals surface area contributed by atoms with Crippen molar-refractivity contribution in [1.29, 1.82) is 0 Å². The van der Waals surface area contributed by atoms with Gasteiger partial charge in [-0.15, -0.1) is 0 Å². The van der Waals surface area contributed by atoms with Gasteiger partial charge in [0.25, 0.3) is 11.5 Å². The highest BCUT2D eigenvalue weighted by Gasteiger charge is 2.42. The molecule has 364 valence electrons. The number of hydrogen-bond donors (Lipinski definition) is 7. The molecule has 3 aliphatic rings. The lowest BCUT2D eigenvalue weighted by Gasteiger charge is -2.47. The van der Waals surface area contributed by atoms with E-state index < -0.39 is 83.5 Å². The number of β-amino-alcohol motifs (C(OH)–C–C–N with tert-alkyl or cyclic N) is 1. The molecule has 1 saturated carbocycles. The lowest BCUT2D eigenvalue weighted by atomic mass is 9.72. The van der Waals surface area contributed by atoms with Gasteiger partial charge in [-0.05, 0) is 82.0 Å². The van der Waals surface area contributed by atoms with Gasteiger partial charge in [-0.1, -0.05) is 79.0 Å². The number of fused-ring (bicyclic) bond motifs is 2. The summed E-state index contributed by atoms with van der Waals surface area (Å²) in [7, 11) is 0. The Labute approximate surface area is 393 Å². The predicted octanol–water partition coefficient (Wildman–Crippen LogP) is 2.90. The molecule has 4 amide bonds. The summed E-state index contributed by atoms with van der Waals surface area (Å²) in [6.45, 7) is 7.98. The van der Waals surface area contributed by atoms with Crippen molar-refractivity contribution in [2.75, 3.05) is 19.7 Å². The lowest BCUT2D eigenvalue weighted by Crippen LogP contribution is -2.61. The van der Waals surface area contributed by atoms with Gasteiger partial charge in [0.2, 0.25) is 17.7 Å². The number of piperidine rings is 1. The SMILES string of the molecule is CC(C)(C)NC(=O)[C@@H]1C[C@@H]2CCCC[C@@H]2CN1C[C@@H](O)[C@H](Cc1ccccc1)NC(=O)C(CC(N)=O)NC(=O)c1ccc2ccccc2n1.Cc1cn([C@H]2C[C@H](N=[N+]=[N-])[C@@H](CO)O2)c(=O)[nH]c1=O. The van der Waals surface area contributed by atoms with Gasteiger partial charge in [0.15, 0.2) is 0 Å². The van der Waals surface area contributed by atoms with Crippen LogP contribution in [0.5, 0.6) is 0 Å². The minimum Gasteiger partial charge on any atom is -0.394 e. The Bertz CT molecular complexity index is 2580. The molecule has 2 saturated heterocycles. The molecule has 2 aromatic carbocycles. The van der Waals surface area contributed by atoms with Crippen LogP contribution in [0.3, 0.4) is 0 Å². The van der Waals surface area contributed by atoms with Crippen LogP contribution in [0.15, 0.2) is 87.6 Å². The molecule has 1 unspecified atom stereocenters. The van der Waals surface area contributed by atoms with Gasteiger partial charge in [0, 0.05) is 47.1 Å². The number of azide groups is 1. The number of likely N-dealkylation sites (tertiary alicyclic amines) is 1. The Morgan fingerprint density at radius 3 is 2.40 bits per heavy atom. The van der Waals surface area contributed by atoms with Crippen molar-refractivity contribution < 1.29 is 34.1 Å². The number of aromatic amines is 1. The zero-order valence-electron chi connectivity index (χ0n) is 38.9. The summed E-state index contributed by atoms with van der Waals surface area (Å²) in [5.41, 5.74) is 14.5. The third-order valence-electron chi connectivity index (χ3n) is 12.7. The number of nitrogens with two attached hydrogens (primary N) is 1. The van der Waals surface area contributed by atoms with Crippen LogP contribution in [0.2, 0.25) is 0 Å². The Kier molecular flexibility index (Phi) is 17.3. The van der Waals surface area contributed by atoms with Gasteiger partial charge in [0.1, 0.15) is 18.0 Å². The molecule has 1 aliphatic carbocycles. The zero-order chi connectivity index (χ0) is 49.1. The lowest BCUT2D eigenvalue weighted by molar-refractivity contribution is -0.133. The molecular weight excluding hydrogens is 875 g/mol. The summed E-state index contributed by atoms with van der Waals surface area (Å²) in [6, 6.07) is 17.1. The summed E-state index contributed by atoms with van der Waals surface area (Å²) in [5, 5.41) is 34.1. The number of pyridine rings is 1. The van der Waals surface area contributed by atoms with Crippen molar-refractivity contribution in [2.45, 2.75) is 127 Å². The molecule has 68 heavy (non-hydrogen) atoms. The van der Waals surface area contributed by atoms with E-state index in [4.69, 9.17) is 21.1 Å². The first-order valence-corrected chi connectivity index (χ1v) is 23.1. The molecule has 4 heterocycles. The summed E-state index contributed by atoms with van der Waals surface area (Å²) in [4.78, 5) is 87.1. The number of benzene rings is 2. The molecule has 0 bridgehead atoms. The second-order valence-corrected chi connectivity index (χ2v) is 19.0. The second kappa shape index (κ2) is 23.0. The van der Waals surface area contributed by atoms with Crippen LogP contribution in [0, 0.1) is 18.8 Å². The van der Waals surface area contributed by atoms with Crippen LogP contribution in [-0.4, -0.2) is 115 Å². The van der Waals surface area contributed by atoms with E-state index in [2.05, 4.69) is 40.8 Å². The van der Waals surface area contributed by atoms with E-state index in [1.165, 1.54) is 17.2 Å². The Morgan fingerprint density at radius 2 is 1.71 bits per heavy atom. The topological polar surface area (TPSA) is 300 Å². The first-order chi connectivity index (χ1) is 32.4. The van der Waals surface area contributed by atoms with E-state index in [1.807, 2.05) is 69.3 Å². The number of para-hydroxylation sites is 1. The minimum absolute atomic E-state index is 0.0566. The molecule has 0 radical (unpaired) electrons. The zero-order valence-corrected chi connectivity index (χ0v) is 38.9. The number of carbonyl (C=O) groups excluding carboxylic acids is 4.